The number of nitrogens with zero attached hydrogens (tertiary/aromatic N) is 3. The molecule has 0 spiro atoms. The number of aromatic amines is 1. The Kier molecular flexibility index (Phi) is 4.89. The lowest BCUT2D eigenvalue weighted by atomic mass is 10.1. The largest absolute Gasteiger partial charge is 0.445 e. The molecule has 1 atom stereocenters. The molecule has 1 aliphatic heterocycles. The zero-order valence-corrected chi connectivity index (χ0v) is 16.5. The van der Waals surface area contributed by atoms with Crippen molar-refractivity contribution >= 4 is 17.1 Å². The Bertz CT molecular complexity index is 1160. The molecule has 0 radical (unpaired) electrons. The van der Waals surface area contributed by atoms with Gasteiger partial charge in [-0.3, -0.25) is 9.88 Å². The first-order valence-corrected chi connectivity index (χ1v) is 10.2. The van der Waals surface area contributed by atoms with E-state index in [4.69, 9.17) is 9.72 Å². The molecule has 5 rings (SSSR count). The number of imidazole rings is 1. The molecule has 6 heteroatoms. The maximum atomic E-state index is 12.7. The lowest BCUT2D eigenvalue weighted by molar-refractivity contribution is 0.0910. The van der Waals surface area contributed by atoms with Crippen LogP contribution in [0.3, 0.4) is 0 Å². The summed E-state index contributed by atoms with van der Waals surface area (Å²) in [4.78, 5) is 27.1. The van der Waals surface area contributed by atoms with Crippen molar-refractivity contribution in [3.8, 4) is 11.3 Å². The molecule has 1 N–H and O–H groups in total. The van der Waals surface area contributed by atoms with Crippen molar-refractivity contribution in [2.45, 2.75) is 25.5 Å². The van der Waals surface area contributed by atoms with Gasteiger partial charge in [0.25, 0.3) is 0 Å². The fraction of sp³-hybridized carbons (Fsp3) is 0.208. The predicted octanol–water partition coefficient (Wildman–Crippen LogP) is 5.10. The van der Waals surface area contributed by atoms with Crippen molar-refractivity contribution in [1.82, 2.24) is 19.9 Å². The number of pyridine rings is 1. The number of benzene rings is 2. The summed E-state index contributed by atoms with van der Waals surface area (Å²) >= 11 is 0. The molecule has 0 bridgehead atoms. The van der Waals surface area contributed by atoms with Crippen LogP contribution < -0.4 is 0 Å². The van der Waals surface area contributed by atoms with Gasteiger partial charge in [0.05, 0.1) is 22.8 Å². The Balaban J connectivity index is 1.35. The maximum Gasteiger partial charge on any atom is 0.410 e. The van der Waals surface area contributed by atoms with Gasteiger partial charge in [0, 0.05) is 18.3 Å². The summed E-state index contributed by atoms with van der Waals surface area (Å²) in [5.41, 5.74) is 4.76. The highest BCUT2D eigenvalue weighted by Crippen LogP contribution is 2.32. The van der Waals surface area contributed by atoms with E-state index in [2.05, 4.69) is 16.0 Å². The fourth-order valence-corrected chi connectivity index (χ4v) is 3.95. The molecule has 2 aromatic carbocycles. The van der Waals surface area contributed by atoms with Gasteiger partial charge in [-0.25, -0.2) is 9.78 Å². The molecule has 1 fully saturated rings. The summed E-state index contributed by atoms with van der Waals surface area (Å²) in [5.74, 6) is 0.803. The number of fused-ring (bicyclic) bond motifs is 1. The van der Waals surface area contributed by atoms with Gasteiger partial charge in [-0.15, -0.1) is 0 Å². The second-order valence-corrected chi connectivity index (χ2v) is 7.46. The van der Waals surface area contributed by atoms with Crippen molar-refractivity contribution in [3.63, 3.8) is 0 Å². The molecular formula is C24H22N4O2. The third kappa shape index (κ3) is 3.64. The topological polar surface area (TPSA) is 71.1 Å². The number of hydrogen-bond donors (Lipinski definition) is 1. The van der Waals surface area contributed by atoms with Crippen LogP contribution in [0.15, 0.2) is 72.9 Å². The van der Waals surface area contributed by atoms with Gasteiger partial charge in [-0.1, -0.05) is 42.5 Å². The van der Waals surface area contributed by atoms with Crippen LogP contribution in [-0.4, -0.2) is 32.5 Å². The predicted molar refractivity (Wildman–Crippen MR) is 115 cm³/mol. The second-order valence-electron chi connectivity index (χ2n) is 7.46. The Morgan fingerprint density at radius 3 is 2.80 bits per heavy atom. The van der Waals surface area contributed by atoms with E-state index < -0.39 is 0 Å². The van der Waals surface area contributed by atoms with Crippen LogP contribution in [0, 0.1) is 0 Å². The smallest absolute Gasteiger partial charge is 0.410 e. The lowest BCUT2D eigenvalue weighted by Gasteiger charge is -2.22. The summed E-state index contributed by atoms with van der Waals surface area (Å²) in [6, 6.07) is 21.6. The van der Waals surface area contributed by atoms with E-state index in [1.807, 2.05) is 60.7 Å². The van der Waals surface area contributed by atoms with Crippen LogP contribution in [0.1, 0.15) is 30.3 Å². The van der Waals surface area contributed by atoms with E-state index in [-0.39, 0.29) is 18.7 Å². The molecular weight excluding hydrogens is 376 g/mol. The monoisotopic (exact) mass is 398 g/mol. The van der Waals surface area contributed by atoms with Crippen LogP contribution in [0.4, 0.5) is 4.79 Å². The van der Waals surface area contributed by atoms with Crippen molar-refractivity contribution in [2.75, 3.05) is 6.54 Å². The first-order valence-electron chi connectivity index (χ1n) is 10.2. The van der Waals surface area contributed by atoms with E-state index in [1.54, 1.807) is 11.1 Å². The minimum absolute atomic E-state index is 0.0982. The summed E-state index contributed by atoms with van der Waals surface area (Å²) < 4.78 is 5.55. The molecule has 6 nitrogen and oxygen atoms in total. The summed E-state index contributed by atoms with van der Waals surface area (Å²) in [6.45, 7) is 0.949. The Labute approximate surface area is 174 Å². The molecule has 0 aliphatic carbocycles. The van der Waals surface area contributed by atoms with Gasteiger partial charge in [0.1, 0.15) is 12.4 Å². The maximum absolute atomic E-state index is 12.7. The van der Waals surface area contributed by atoms with Crippen LogP contribution in [-0.2, 0) is 11.3 Å². The minimum Gasteiger partial charge on any atom is -0.445 e. The average molecular weight is 398 g/mol. The molecule has 2 aromatic heterocycles. The number of likely N-dealkylation sites (tertiary alicyclic amines) is 1. The van der Waals surface area contributed by atoms with E-state index in [1.165, 1.54) is 0 Å². The van der Waals surface area contributed by atoms with Crippen molar-refractivity contribution in [1.29, 1.82) is 0 Å². The highest BCUT2D eigenvalue weighted by atomic mass is 16.6. The molecule has 4 aromatic rings. The molecule has 150 valence electrons. The molecule has 1 aliphatic rings. The van der Waals surface area contributed by atoms with Gasteiger partial charge in [0.2, 0.25) is 0 Å². The van der Waals surface area contributed by atoms with Gasteiger partial charge in [-0.05, 0) is 42.7 Å². The Morgan fingerprint density at radius 2 is 1.97 bits per heavy atom. The third-order valence-electron chi connectivity index (χ3n) is 5.47. The molecule has 1 amide bonds. The number of H-pyrrole nitrogens is 1. The highest BCUT2D eigenvalue weighted by Gasteiger charge is 2.33. The zero-order valence-electron chi connectivity index (χ0n) is 16.5. The highest BCUT2D eigenvalue weighted by molar-refractivity contribution is 5.81. The third-order valence-corrected chi connectivity index (χ3v) is 5.47. The van der Waals surface area contributed by atoms with Crippen LogP contribution in [0.25, 0.3) is 22.3 Å². The SMILES string of the molecule is O=C(OCc1ccccc1)N1CCC[C@H]1c1nc2ccc(-c3ccccn3)cc2[nH]1. The van der Waals surface area contributed by atoms with Gasteiger partial charge >= 0.3 is 6.09 Å². The van der Waals surface area contributed by atoms with E-state index in [0.29, 0.717) is 6.54 Å². The molecule has 3 heterocycles. The number of carbonyl (C=O) groups excluding carboxylic acids is 1. The quantitative estimate of drug-likeness (QED) is 0.519. The Morgan fingerprint density at radius 1 is 1.10 bits per heavy atom. The van der Waals surface area contributed by atoms with Gasteiger partial charge < -0.3 is 9.72 Å². The molecule has 0 saturated carbocycles. The minimum atomic E-state index is -0.295. The summed E-state index contributed by atoms with van der Waals surface area (Å²) in [6.07, 6.45) is 3.29. The number of carbonyl (C=O) groups is 1. The van der Waals surface area contributed by atoms with Crippen LogP contribution in [0.5, 0.6) is 0 Å². The Hall–Kier alpha value is -3.67. The number of ether oxygens (including phenoxy) is 1. The summed E-state index contributed by atoms with van der Waals surface area (Å²) in [7, 11) is 0. The van der Waals surface area contributed by atoms with Crippen LogP contribution in [0.2, 0.25) is 0 Å². The van der Waals surface area contributed by atoms with E-state index in [0.717, 1.165) is 46.5 Å². The second kappa shape index (κ2) is 7.99. The first kappa shape index (κ1) is 18.4. The lowest BCUT2D eigenvalue weighted by Crippen LogP contribution is -2.31. The van der Waals surface area contributed by atoms with E-state index in [9.17, 15) is 4.79 Å². The average Bonchev–Trinajstić information content (AvgIpc) is 3.45. The number of rotatable bonds is 4. The summed E-state index contributed by atoms with van der Waals surface area (Å²) in [5, 5.41) is 0. The van der Waals surface area contributed by atoms with Gasteiger partial charge in [0.15, 0.2) is 0 Å². The van der Waals surface area contributed by atoms with Gasteiger partial charge in [-0.2, -0.15) is 0 Å². The number of amides is 1. The molecule has 30 heavy (non-hydrogen) atoms. The number of aromatic nitrogens is 3. The number of nitrogens with one attached hydrogen (secondary N) is 1. The van der Waals surface area contributed by atoms with Crippen molar-refractivity contribution in [2.24, 2.45) is 0 Å². The normalized spacial score (nSPS) is 16.1. The molecule has 0 unspecified atom stereocenters. The zero-order chi connectivity index (χ0) is 20.3. The first-order chi connectivity index (χ1) is 14.8. The fourth-order valence-electron chi connectivity index (χ4n) is 3.95. The van der Waals surface area contributed by atoms with E-state index >= 15 is 0 Å². The molecule has 1 saturated heterocycles. The van der Waals surface area contributed by atoms with Crippen molar-refractivity contribution < 1.29 is 9.53 Å². The standard InChI is InChI=1S/C24H22N4O2/c29-24(30-16-17-7-2-1-3-8-17)28-14-6-10-22(28)23-26-20-12-11-18(15-21(20)27-23)19-9-4-5-13-25-19/h1-5,7-9,11-13,15,22H,6,10,14,16H2,(H,26,27)/t22-/m0/s1. The van der Waals surface area contributed by atoms with Crippen molar-refractivity contribution in [3.05, 3.63) is 84.3 Å². The van der Waals surface area contributed by atoms with Crippen LogP contribution >= 0.6 is 0 Å². The number of hydrogen-bond acceptors (Lipinski definition) is 4.